The minimum absolute atomic E-state index is 0.500. The van der Waals surface area contributed by atoms with Crippen LogP contribution in [0.25, 0.3) is 0 Å². The number of nitrogens with zero attached hydrogens (tertiary/aromatic N) is 1. The van der Waals surface area contributed by atoms with Gasteiger partial charge in [0.15, 0.2) is 0 Å². The van der Waals surface area contributed by atoms with Crippen LogP contribution in [0.2, 0.25) is 5.02 Å². The van der Waals surface area contributed by atoms with Crippen LogP contribution in [-0.2, 0) is 4.57 Å². The van der Waals surface area contributed by atoms with Crippen LogP contribution in [0.3, 0.4) is 0 Å². The predicted octanol–water partition coefficient (Wildman–Crippen LogP) is 2.38. The van der Waals surface area contributed by atoms with E-state index in [0.717, 1.165) is 0 Å². The number of hydrogen-bond acceptors (Lipinski definition) is 1. The summed E-state index contributed by atoms with van der Waals surface area (Å²) < 4.78 is 13.2. The molecule has 0 aliphatic heterocycles. The van der Waals surface area contributed by atoms with E-state index in [2.05, 4.69) is 5.09 Å². The molecule has 0 saturated heterocycles. The molecule has 0 amide bonds. The molecule has 1 atom stereocenters. The fourth-order valence-electron chi connectivity index (χ4n) is 0.824. The van der Waals surface area contributed by atoms with Gasteiger partial charge in [-0.25, -0.2) is 4.67 Å². The normalized spacial score (nSPS) is 15.2. The molecule has 4 nitrogen and oxygen atoms in total. The fourth-order valence-corrected chi connectivity index (χ4v) is 1.81. The summed E-state index contributed by atoms with van der Waals surface area (Å²) in [6.07, 6.45) is 0. The second-order valence-corrected chi connectivity index (χ2v) is 5.74. The Hall–Kier alpha value is -0.540. The van der Waals surface area contributed by atoms with Crippen molar-refractivity contribution in [3.8, 4) is 0 Å². The summed E-state index contributed by atoms with van der Waals surface area (Å²) in [5.74, 6) is 0. The maximum Gasteiger partial charge on any atom is 0.302 e. The topological polar surface area (TPSA) is 58.4 Å². The largest absolute Gasteiger partial charge is 0.311 e. The lowest BCUT2D eigenvalue weighted by Crippen LogP contribution is -2.20. The van der Waals surface area contributed by atoms with Crippen molar-refractivity contribution in [3.05, 3.63) is 29.3 Å². The Morgan fingerprint density at radius 3 is 2.50 bits per heavy atom. The van der Waals surface area contributed by atoms with E-state index in [1.807, 2.05) is 0 Å². The number of hydrogen-bond donors (Lipinski definition) is 2. The van der Waals surface area contributed by atoms with Crippen LogP contribution in [0.4, 0.5) is 5.69 Å². The van der Waals surface area contributed by atoms with Gasteiger partial charge in [-0.05, 0) is 26.2 Å². The Labute approximate surface area is 88.6 Å². The first-order valence-electron chi connectivity index (χ1n) is 4.03. The molecule has 0 saturated carbocycles. The summed E-state index contributed by atoms with van der Waals surface area (Å²) in [5, 5.41) is 3.21. The predicted molar refractivity (Wildman–Crippen MR) is 60.6 cm³/mol. The van der Waals surface area contributed by atoms with Crippen molar-refractivity contribution in [1.82, 2.24) is 4.67 Å². The summed E-state index contributed by atoms with van der Waals surface area (Å²) in [6, 6.07) is 7.03. The number of rotatable bonds is 3. The lowest BCUT2D eigenvalue weighted by molar-refractivity contribution is 0.520. The monoisotopic (exact) mass is 233 g/mol. The van der Waals surface area contributed by atoms with E-state index in [-0.39, 0.29) is 0 Å². The minimum Gasteiger partial charge on any atom is -0.311 e. The zero-order valence-electron chi connectivity index (χ0n) is 8.07. The third kappa shape index (κ3) is 2.72. The molecule has 0 heterocycles. The average Bonchev–Trinajstić information content (AvgIpc) is 2.08. The van der Waals surface area contributed by atoms with Crippen molar-refractivity contribution in [2.24, 2.45) is 5.50 Å². The summed E-state index contributed by atoms with van der Waals surface area (Å²) >= 11 is 5.88. The first-order valence-corrected chi connectivity index (χ1v) is 6.13. The van der Waals surface area contributed by atoms with Crippen LogP contribution < -0.4 is 10.6 Å². The first kappa shape index (κ1) is 11.5. The molecule has 1 aromatic carbocycles. The van der Waals surface area contributed by atoms with E-state index in [0.29, 0.717) is 10.7 Å². The molecule has 1 aromatic rings. The molecule has 0 aromatic heterocycles. The quantitative estimate of drug-likeness (QED) is 0.787. The van der Waals surface area contributed by atoms with Crippen LogP contribution >= 0.6 is 19.2 Å². The first-order chi connectivity index (χ1) is 6.43. The fraction of sp³-hybridized carbons (Fsp3) is 0.250. The second-order valence-electron chi connectivity index (χ2n) is 3.06. The van der Waals surface area contributed by atoms with Gasteiger partial charge in [0, 0.05) is 0 Å². The molecule has 0 spiro atoms. The minimum atomic E-state index is -3.01. The molecule has 0 radical (unpaired) electrons. The van der Waals surface area contributed by atoms with Gasteiger partial charge in [0.05, 0.1) is 10.7 Å². The molecular weight excluding hydrogens is 221 g/mol. The maximum atomic E-state index is 11.8. The lowest BCUT2D eigenvalue weighted by atomic mass is 10.3. The lowest BCUT2D eigenvalue weighted by Gasteiger charge is -2.22. The number of benzene rings is 1. The van der Waals surface area contributed by atoms with Crippen molar-refractivity contribution in [2.75, 3.05) is 19.2 Å². The standard InChI is InChI=1S/C8H13ClN3OP/c1-12(2)14(10,13)11-8-6-4-3-5-7(8)9/h3-6H,1-2H3,(H3,10,11,13). The third-order valence-electron chi connectivity index (χ3n) is 1.75. The van der Waals surface area contributed by atoms with Crippen LogP contribution in [0.15, 0.2) is 24.3 Å². The van der Waals surface area contributed by atoms with E-state index in [4.69, 9.17) is 17.1 Å². The highest BCUT2D eigenvalue weighted by molar-refractivity contribution is 7.60. The van der Waals surface area contributed by atoms with E-state index >= 15 is 0 Å². The van der Waals surface area contributed by atoms with Gasteiger partial charge in [-0.15, -0.1) is 0 Å². The zero-order chi connectivity index (χ0) is 10.8. The van der Waals surface area contributed by atoms with E-state index in [1.165, 1.54) is 4.67 Å². The van der Waals surface area contributed by atoms with Crippen molar-refractivity contribution in [3.63, 3.8) is 0 Å². The van der Waals surface area contributed by atoms with Gasteiger partial charge in [0.2, 0.25) is 0 Å². The Bertz CT molecular complexity index is 369. The highest BCUT2D eigenvalue weighted by atomic mass is 35.5. The Morgan fingerprint density at radius 2 is 2.00 bits per heavy atom. The number of halogens is 1. The SMILES string of the molecule is CN(C)P(N)(=O)Nc1ccccc1Cl. The van der Waals surface area contributed by atoms with Crippen molar-refractivity contribution in [1.29, 1.82) is 0 Å². The van der Waals surface area contributed by atoms with Gasteiger partial charge in [-0.2, -0.15) is 0 Å². The Kier molecular flexibility index (Phi) is 3.56. The molecule has 0 aliphatic rings. The van der Waals surface area contributed by atoms with Gasteiger partial charge in [-0.1, -0.05) is 23.7 Å². The van der Waals surface area contributed by atoms with E-state index in [1.54, 1.807) is 38.4 Å². The summed E-state index contributed by atoms with van der Waals surface area (Å²) in [7, 11) is 0.273. The van der Waals surface area contributed by atoms with Gasteiger partial charge in [0.25, 0.3) is 0 Å². The second kappa shape index (κ2) is 4.32. The van der Waals surface area contributed by atoms with Crippen LogP contribution in [0, 0.1) is 0 Å². The third-order valence-corrected chi connectivity index (χ3v) is 3.83. The maximum absolute atomic E-state index is 11.8. The molecule has 0 bridgehead atoms. The molecule has 1 unspecified atom stereocenters. The highest BCUT2D eigenvalue weighted by Gasteiger charge is 2.19. The number of anilines is 1. The number of nitrogens with two attached hydrogens (primary N) is 1. The summed E-state index contributed by atoms with van der Waals surface area (Å²) in [4.78, 5) is 0. The van der Waals surface area contributed by atoms with Gasteiger partial charge in [-0.3, -0.25) is 10.1 Å². The molecule has 0 aliphatic carbocycles. The molecule has 14 heavy (non-hydrogen) atoms. The molecule has 6 heteroatoms. The van der Waals surface area contributed by atoms with Gasteiger partial charge >= 0.3 is 7.59 Å². The van der Waals surface area contributed by atoms with Crippen molar-refractivity contribution < 1.29 is 4.57 Å². The average molecular weight is 234 g/mol. The summed E-state index contributed by atoms with van der Waals surface area (Å²) in [6.45, 7) is 0. The van der Waals surface area contributed by atoms with Gasteiger partial charge in [0.1, 0.15) is 0 Å². The number of nitrogens with one attached hydrogen (secondary N) is 1. The van der Waals surface area contributed by atoms with E-state index in [9.17, 15) is 4.57 Å². The Balaban J connectivity index is 2.90. The zero-order valence-corrected chi connectivity index (χ0v) is 9.72. The highest BCUT2D eigenvalue weighted by Crippen LogP contribution is 2.40. The molecule has 3 N–H and O–H groups in total. The van der Waals surface area contributed by atoms with Crippen molar-refractivity contribution in [2.45, 2.75) is 0 Å². The van der Waals surface area contributed by atoms with Gasteiger partial charge < -0.3 is 5.09 Å². The summed E-state index contributed by atoms with van der Waals surface area (Å²) in [5.41, 5.74) is 6.15. The number of para-hydroxylation sites is 1. The van der Waals surface area contributed by atoms with Crippen LogP contribution in [-0.4, -0.2) is 18.8 Å². The Morgan fingerprint density at radius 1 is 1.43 bits per heavy atom. The van der Waals surface area contributed by atoms with E-state index < -0.39 is 7.59 Å². The van der Waals surface area contributed by atoms with Crippen LogP contribution in [0.1, 0.15) is 0 Å². The van der Waals surface area contributed by atoms with Crippen molar-refractivity contribution >= 4 is 24.9 Å². The molecular formula is C8H13ClN3OP. The molecule has 0 fully saturated rings. The van der Waals surface area contributed by atoms with Crippen LogP contribution in [0.5, 0.6) is 0 Å². The molecule has 78 valence electrons. The molecule has 1 rings (SSSR count). The smallest absolute Gasteiger partial charge is 0.302 e.